The van der Waals surface area contributed by atoms with Crippen molar-refractivity contribution in [1.29, 1.82) is 0 Å². The number of ether oxygens (including phenoxy) is 2. The number of morpholine rings is 2. The molecule has 1 atom stereocenters. The highest BCUT2D eigenvalue weighted by Crippen LogP contribution is 2.24. The highest BCUT2D eigenvalue weighted by atomic mass is 32.2. The summed E-state index contributed by atoms with van der Waals surface area (Å²) in [5.41, 5.74) is 1.25. The lowest BCUT2D eigenvalue weighted by Crippen LogP contribution is -2.37. The normalized spacial score (nSPS) is 16.2. The molecule has 2 fully saturated rings. The quantitative estimate of drug-likeness (QED) is 0.0990. The molecule has 19 nitrogen and oxygen atoms in total. The summed E-state index contributed by atoms with van der Waals surface area (Å²) in [6, 6.07) is 7.23. The van der Waals surface area contributed by atoms with Gasteiger partial charge in [0.25, 0.3) is 10.1 Å². The number of hydrogen-bond acceptors (Lipinski definition) is 17. The zero-order valence-electron chi connectivity index (χ0n) is 24.1. The molecule has 4 heterocycles. The lowest BCUT2D eigenvalue weighted by Gasteiger charge is -2.27. The maximum absolute atomic E-state index is 11.2. The molecule has 2 aliphatic heterocycles. The fourth-order valence-electron chi connectivity index (χ4n) is 4.28. The molecule has 0 amide bonds. The molecule has 0 radical (unpaired) electrons. The van der Waals surface area contributed by atoms with E-state index in [-0.39, 0.29) is 42.6 Å². The van der Waals surface area contributed by atoms with Gasteiger partial charge in [-0.3, -0.25) is 4.55 Å². The molecular formula is C24H34N12O7S2. The van der Waals surface area contributed by atoms with Crippen molar-refractivity contribution in [3.8, 4) is 0 Å². The predicted octanol–water partition coefficient (Wildman–Crippen LogP) is 0.150. The second-order valence-electron chi connectivity index (χ2n) is 9.76. The SMILES string of the molecule is O=S(O)CCNc1nc(Nc2cccc(Nc3nc(NCCS(=O)(=O)O)nc(N4CCOCC4)n3)c2)nc(N2CCOCC2)n1. The van der Waals surface area contributed by atoms with Crippen molar-refractivity contribution in [2.24, 2.45) is 0 Å². The summed E-state index contributed by atoms with van der Waals surface area (Å²) in [5.74, 6) is 1.18. The topological polar surface area (TPSA) is 242 Å². The number of nitrogens with one attached hydrogen (secondary N) is 4. The fraction of sp³-hybridized carbons (Fsp3) is 0.500. The second-order valence-corrected chi connectivity index (χ2v) is 12.4. The first-order valence-corrected chi connectivity index (χ1v) is 16.9. The number of nitrogens with zero attached hydrogens (tertiary/aromatic N) is 8. The van der Waals surface area contributed by atoms with E-state index >= 15 is 0 Å². The lowest BCUT2D eigenvalue weighted by atomic mass is 10.3. The smallest absolute Gasteiger partial charge is 0.266 e. The van der Waals surface area contributed by atoms with E-state index < -0.39 is 27.0 Å². The van der Waals surface area contributed by atoms with Crippen LogP contribution in [0.2, 0.25) is 0 Å². The first-order valence-electron chi connectivity index (χ1n) is 14.0. The first-order chi connectivity index (χ1) is 21.7. The van der Waals surface area contributed by atoms with Crippen LogP contribution >= 0.6 is 0 Å². The van der Waals surface area contributed by atoms with E-state index in [1.165, 1.54) is 0 Å². The molecule has 2 aliphatic rings. The van der Waals surface area contributed by atoms with Crippen LogP contribution in [0.25, 0.3) is 0 Å². The Morgan fingerprint density at radius 3 is 1.69 bits per heavy atom. The molecule has 0 spiro atoms. The first kappa shape index (κ1) is 32.4. The van der Waals surface area contributed by atoms with Crippen molar-refractivity contribution >= 4 is 68.3 Å². The molecular weight excluding hydrogens is 632 g/mol. The Morgan fingerprint density at radius 1 is 0.756 bits per heavy atom. The van der Waals surface area contributed by atoms with Gasteiger partial charge in [-0.15, -0.1) is 0 Å². The van der Waals surface area contributed by atoms with Crippen LogP contribution in [0.4, 0.5) is 47.1 Å². The molecule has 21 heteroatoms. The molecule has 0 aliphatic carbocycles. The monoisotopic (exact) mass is 666 g/mol. The molecule has 2 aromatic heterocycles. The summed E-state index contributed by atoms with van der Waals surface area (Å²) in [6.07, 6.45) is 0. The van der Waals surface area contributed by atoms with Gasteiger partial charge in [-0.1, -0.05) is 6.07 Å². The number of aromatic nitrogens is 6. The van der Waals surface area contributed by atoms with E-state index in [4.69, 9.17) is 18.6 Å². The average Bonchev–Trinajstić information content (AvgIpc) is 3.01. The Morgan fingerprint density at radius 2 is 1.22 bits per heavy atom. The molecule has 2 saturated heterocycles. The van der Waals surface area contributed by atoms with Gasteiger partial charge in [-0.05, 0) is 18.2 Å². The van der Waals surface area contributed by atoms with Gasteiger partial charge in [0.05, 0.1) is 37.9 Å². The van der Waals surface area contributed by atoms with Crippen molar-refractivity contribution in [3.63, 3.8) is 0 Å². The molecule has 45 heavy (non-hydrogen) atoms. The van der Waals surface area contributed by atoms with E-state index in [0.29, 0.717) is 75.9 Å². The molecule has 244 valence electrons. The Balaban J connectivity index is 1.35. The van der Waals surface area contributed by atoms with Crippen LogP contribution in [0, 0.1) is 0 Å². The van der Waals surface area contributed by atoms with Gasteiger partial charge in [0.1, 0.15) is 0 Å². The fourth-order valence-corrected chi connectivity index (χ4v) is 4.92. The van der Waals surface area contributed by atoms with E-state index in [1.54, 1.807) is 12.1 Å². The summed E-state index contributed by atoms with van der Waals surface area (Å²) in [4.78, 5) is 30.7. The summed E-state index contributed by atoms with van der Waals surface area (Å²) in [7, 11) is -4.17. The third-order valence-corrected chi connectivity index (χ3v) is 7.69. The zero-order chi connectivity index (χ0) is 31.6. The summed E-state index contributed by atoms with van der Waals surface area (Å²) < 4.78 is 62.5. The highest BCUT2D eigenvalue weighted by molar-refractivity contribution is 7.85. The van der Waals surface area contributed by atoms with Crippen LogP contribution in [0.3, 0.4) is 0 Å². The lowest BCUT2D eigenvalue weighted by molar-refractivity contribution is 0.122. The molecule has 3 aromatic rings. The van der Waals surface area contributed by atoms with Gasteiger partial charge in [0.15, 0.2) is 11.1 Å². The highest BCUT2D eigenvalue weighted by Gasteiger charge is 2.19. The molecule has 5 rings (SSSR count). The standard InChI is InChI=1S/C24H34N12O7S2/c37-44(38)14-4-25-19-29-21(33-23(31-19)35-6-10-42-11-7-35)27-17-2-1-3-18(16-17)28-22-30-20(26-5-15-45(39,40)41)32-24(34-22)36-8-12-43-13-9-36/h1-3,16H,4-15H2,(H,37,38)(H,39,40,41)(H2,25,27,29,31,33)(H2,26,28,30,32,34). The minimum atomic E-state index is -4.17. The van der Waals surface area contributed by atoms with Crippen LogP contribution in [0.15, 0.2) is 24.3 Å². The van der Waals surface area contributed by atoms with Gasteiger partial charge in [0.2, 0.25) is 35.7 Å². The summed E-state index contributed by atoms with van der Waals surface area (Å²) in [6.45, 7) is 4.54. The van der Waals surface area contributed by atoms with Crippen LogP contribution in [0.1, 0.15) is 0 Å². The van der Waals surface area contributed by atoms with Gasteiger partial charge >= 0.3 is 0 Å². The van der Waals surface area contributed by atoms with Crippen LogP contribution in [0.5, 0.6) is 0 Å². The molecule has 6 N–H and O–H groups in total. The second kappa shape index (κ2) is 15.3. The minimum Gasteiger partial charge on any atom is -0.378 e. The Hall–Kier alpha value is -4.02. The molecule has 1 unspecified atom stereocenters. The number of benzene rings is 1. The van der Waals surface area contributed by atoms with Crippen molar-refractivity contribution < 1.29 is 31.2 Å². The van der Waals surface area contributed by atoms with Gasteiger partial charge in [-0.25, -0.2) is 4.21 Å². The van der Waals surface area contributed by atoms with Crippen LogP contribution in [-0.4, -0.2) is 129 Å². The van der Waals surface area contributed by atoms with Crippen molar-refractivity contribution in [2.75, 3.05) is 108 Å². The number of rotatable bonds is 14. The van der Waals surface area contributed by atoms with Crippen LogP contribution < -0.4 is 31.1 Å². The van der Waals surface area contributed by atoms with E-state index in [2.05, 4.69) is 51.2 Å². The Labute approximate surface area is 261 Å². The van der Waals surface area contributed by atoms with Gasteiger partial charge < -0.3 is 45.1 Å². The number of anilines is 8. The third-order valence-electron chi connectivity index (χ3n) is 6.41. The van der Waals surface area contributed by atoms with Crippen molar-refractivity contribution in [1.82, 2.24) is 29.9 Å². The third kappa shape index (κ3) is 10.3. The summed E-state index contributed by atoms with van der Waals surface area (Å²) >= 11 is -1.96. The van der Waals surface area contributed by atoms with E-state index in [9.17, 15) is 12.6 Å². The van der Waals surface area contributed by atoms with Gasteiger partial charge in [0, 0.05) is 50.6 Å². The van der Waals surface area contributed by atoms with E-state index in [1.807, 2.05) is 21.9 Å². The van der Waals surface area contributed by atoms with Crippen molar-refractivity contribution in [2.45, 2.75) is 0 Å². The number of hydrogen-bond donors (Lipinski definition) is 6. The van der Waals surface area contributed by atoms with Crippen LogP contribution in [-0.2, 0) is 30.7 Å². The minimum absolute atomic E-state index is 0.0111. The average molecular weight is 667 g/mol. The predicted molar refractivity (Wildman–Crippen MR) is 168 cm³/mol. The molecule has 1 aromatic carbocycles. The summed E-state index contributed by atoms with van der Waals surface area (Å²) in [5, 5.41) is 12.1. The Bertz CT molecular complexity index is 1570. The van der Waals surface area contributed by atoms with Gasteiger partial charge in [-0.2, -0.15) is 38.3 Å². The van der Waals surface area contributed by atoms with E-state index in [0.717, 1.165) is 0 Å². The largest absolute Gasteiger partial charge is 0.378 e. The maximum atomic E-state index is 11.2. The Kier molecular flexibility index (Phi) is 11.0. The van der Waals surface area contributed by atoms with Crippen molar-refractivity contribution in [3.05, 3.63) is 24.3 Å². The zero-order valence-corrected chi connectivity index (χ0v) is 25.8. The molecule has 0 saturated carbocycles. The maximum Gasteiger partial charge on any atom is 0.266 e. The molecule has 0 bridgehead atoms.